The first-order chi connectivity index (χ1) is 8.24. The van der Waals surface area contributed by atoms with Crippen molar-refractivity contribution in [3.8, 4) is 5.75 Å². The molecular formula is C14H19NO2. The largest absolute Gasteiger partial charge is 0.487 e. The Labute approximate surface area is 102 Å². The summed E-state index contributed by atoms with van der Waals surface area (Å²) in [5, 5.41) is 0. The summed E-state index contributed by atoms with van der Waals surface area (Å²) in [6.45, 7) is 2.94. The van der Waals surface area contributed by atoms with Crippen LogP contribution < -0.4 is 10.5 Å². The van der Waals surface area contributed by atoms with E-state index in [2.05, 4.69) is 19.1 Å². The van der Waals surface area contributed by atoms with Crippen LogP contribution in [-0.4, -0.2) is 18.8 Å². The van der Waals surface area contributed by atoms with Gasteiger partial charge in [0.15, 0.2) is 0 Å². The molecule has 3 nitrogen and oxygen atoms in total. The lowest BCUT2D eigenvalue weighted by Gasteiger charge is -2.33. The second kappa shape index (κ2) is 4.31. The van der Waals surface area contributed by atoms with Crippen LogP contribution in [0.25, 0.3) is 0 Å². The molecule has 1 saturated heterocycles. The van der Waals surface area contributed by atoms with E-state index in [1.807, 2.05) is 6.07 Å². The Bertz CT molecular complexity index is 413. The van der Waals surface area contributed by atoms with E-state index in [0.29, 0.717) is 0 Å². The van der Waals surface area contributed by atoms with Crippen LogP contribution in [0.2, 0.25) is 0 Å². The molecule has 0 bridgehead atoms. The zero-order valence-corrected chi connectivity index (χ0v) is 10.2. The topological polar surface area (TPSA) is 44.5 Å². The van der Waals surface area contributed by atoms with Gasteiger partial charge in [-0.3, -0.25) is 0 Å². The minimum atomic E-state index is 0.0767. The zero-order valence-electron chi connectivity index (χ0n) is 10.2. The Morgan fingerprint density at radius 2 is 2.18 bits per heavy atom. The number of benzene rings is 1. The van der Waals surface area contributed by atoms with Gasteiger partial charge in [-0.1, -0.05) is 17.7 Å². The molecule has 0 radical (unpaired) electrons. The van der Waals surface area contributed by atoms with Crippen molar-refractivity contribution >= 4 is 0 Å². The van der Waals surface area contributed by atoms with Crippen LogP contribution in [0.5, 0.6) is 5.75 Å². The second-order valence-electron chi connectivity index (χ2n) is 5.09. The SMILES string of the molecule is Cc1ccc2c(c1)[C@H](N)CC(C1CCCO1)O2. The maximum atomic E-state index is 6.24. The molecule has 0 aromatic heterocycles. The van der Waals surface area contributed by atoms with E-state index in [9.17, 15) is 0 Å². The second-order valence-corrected chi connectivity index (χ2v) is 5.09. The van der Waals surface area contributed by atoms with Crippen LogP contribution in [0.3, 0.4) is 0 Å². The summed E-state index contributed by atoms with van der Waals surface area (Å²) < 4.78 is 11.7. The molecule has 2 heterocycles. The molecule has 0 saturated carbocycles. The molecule has 92 valence electrons. The number of hydrogen-bond donors (Lipinski definition) is 1. The Balaban J connectivity index is 1.84. The van der Waals surface area contributed by atoms with Crippen LogP contribution >= 0.6 is 0 Å². The summed E-state index contributed by atoms with van der Waals surface area (Å²) in [7, 11) is 0. The minimum Gasteiger partial charge on any atom is -0.487 e. The molecule has 0 amide bonds. The molecule has 0 aliphatic carbocycles. The Morgan fingerprint density at radius 1 is 1.29 bits per heavy atom. The highest BCUT2D eigenvalue weighted by Crippen LogP contribution is 2.36. The van der Waals surface area contributed by atoms with Crippen molar-refractivity contribution in [1.29, 1.82) is 0 Å². The Hall–Kier alpha value is -1.06. The van der Waals surface area contributed by atoms with Gasteiger partial charge in [-0.05, 0) is 25.8 Å². The Morgan fingerprint density at radius 3 is 2.94 bits per heavy atom. The van der Waals surface area contributed by atoms with Gasteiger partial charge < -0.3 is 15.2 Å². The van der Waals surface area contributed by atoms with Gasteiger partial charge in [-0.15, -0.1) is 0 Å². The highest BCUT2D eigenvalue weighted by atomic mass is 16.5. The first kappa shape index (κ1) is 11.1. The molecule has 1 aromatic carbocycles. The number of aryl methyl sites for hydroxylation is 1. The predicted octanol–water partition coefficient (Wildman–Crippen LogP) is 2.32. The van der Waals surface area contributed by atoms with Gasteiger partial charge in [0.1, 0.15) is 11.9 Å². The number of hydrogen-bond acceptors (Lipinski definition) is 3. The molecule has 1 aromatic rings. The van der Waals surface area contributed by atoms with Gasteiger partial charge in [-0.25, -0.2) is 0 Å². The van der Waals surface area contributed by atoms with Crippen LogP contribution in [0.1, 0.15) is 36.4 Å². The van der Waals surface area contributed by atoms with Gasteiger partial charge in [0.05, 0.1) is 6.10 Å². The number of ether oxygens (including phenoxy) is 2. The van der Waals surface area contributed by atoms with Crippen molar-refractivity contribution in [2.45, 2.75) is 44.4 Å². The van der Waals surface area contributed by atoms with E-state index in [1.165, 1.54) is 5.56 Å². The predicted molar refractivity (Wildman–Crippen MR) is 66.1 cm³/mol. The highest BCUT2D eigenvalue weighted by molar-refractivity contribution is 5.40. The van der Waals surface area contributed by atoms with Gasteiger partial charge >= 0.3 is 0 Å². The molecule has 3 heteroatoms. The fourth-order valence-corrected chi connectivity index (χ4v) is 2.78. The van der Waals surface area contributed by atoms with Crippen molar-refractivity contribution < 1.29 is 9.47 Å². The quantitative estimate of drug-likeness (QED) is 0.809. The van der Waals surface area contributed by atoms with Crippen molar-refractivity contribution in [3.05, 3.63) is 29.3 Å². The summed E-state index contributed by atoms with van der Waals surface area (Å²) >= 11 is 0. The Kier molecular flexibility index (Phi) is 2.81. The summed E-state index contributed by atoms with van der Waals surface area (Å²) in [4.78, 5) is 0. The number of fused-ring (bicyclic) bond motifs is 1. The molecule has 2 aliphatic rings. The summed E-state index contributed by atoms with van der Waals surface area (Å²) in [6.07, 6.45) is 3.46. The molecule has 1 fully saturated rings. The lowest BCUT2D eigenvalue weighted by atomic mass is 9.93. The van der Waals surface area contributed by atoms with Crippen molar-refractivity contribution in [2.24, 2.45) is 5.73 Å². The minimum absolute atomic E-state index is 0.0767. The normalized spacial score (nSPS) is 32.0. The lowest BCUT2D eigenvalue weighted by Crippen LogP contribution is -2.38. The molecule has 0 spiro atoms. The van der Waals surface area contributed by atoms with E-state index in [1.54, 1.807) is 0 Å². The number of rotatable bonds is 1. The van der Waals surface area contributed by atoms with E-state index in [-0.39, 0.29) is 18.2 Å². The maximum Gasteiger partial charge on any atom is 0.127 e. The van der Waals surface area contributed by atoms with Gasteiger partial charge in [0, 0.05) is 24.6 Å². The van der Waals surface area contributed by atoms with Crippen molar-refractivity contribution in [1.82, 2.24) is 0 Å². The molecular weight excluding hydrogens is 214 g/mol. The molecule has 3 rings (SSSR count). The summed E-state index contributed by atoms with van der Waals surface area (Å²) in [5.41, 5.74) is 8.61. The smallest absolute Gasteiger partial charge is 0.127 e. The third kappa shape index (κ3) is 2.05. The van der Waals surface area contributed by atoms with Gasteiger partial charge in [0.2, 0.25) is 0 Å². The standard InChI is InChI=1S/C14H19NO2/c1-9-4-5-12-10(7-9)11(15)8-14(17-12)13-3-2-6-16-13/h4-5,7,11,13-14H,2-3,6,8,15H2,1H3/t11-,13?,14?/m1/s1. The average Bonchev–Trinajstić information content (AvgIpc) is 2.83. The van der Waals surface area contributed by atoms with E-state index >= 15 is 0 Å². The highest BCUT2D eigenvalue weighted by Gasteiger charge is 2.34. The number of nitrogens with two attached hydrogens (primary N) is 1. The molecule has 17 heavy (non-hydrogen) atoms. The van der Waals surface area contributed by atoms with Crippen molar-refractivity contribution in [3.63, 3.8) is 0 Å². The van der Waals surface area contributed by atoms with Crippen LogP contribution in [0, 0.1) is 6.92 Å². The third-order valence-electron chi connectivity index (χ3n) is 3.71. The molecule has 2 aliphatic heterocycles. The van der Waals surface area contributed by atoms with Crippen LogP contribution in [-0.2, 0) is 4.74 Å². The molecule has 2 unspecified atom stereocenters. The summed E-state index contributed by atoms with van der Waals surface area (Å²) in [6, 6.07) is 6.31. The van der Waals surface area contributed by atoms with E-state index < -0.39 is 0 Å². The van der Waals surface area contributed by atoms with E-state index in [4.69, 9.17) is 15.2 Å². The van der Waals surface area contributed by atoms with E-state index in [0.717, 1.165) is 37.2 Å². The lowest BCUT2D eigenvalue weighted by molar-refractivity contribution is -0.00196. The fourth-order valence-electron chi connectivity index (χ4n) is 2.78. The van der Waals surface area contributed by atoms with Crippen LogP contribution in [0.4, 0.5) is 0 Å². The third-order valence-corrected chi connectivity index (χ3v) is 3.71. The fraction of sp³-hybridized carbons (Fsp3) is 0.571. The first-order valence-electron chi connectivity index (χ1n) is 6.38. The summed E-state index contributed by atoms with van der Waals surface area (Å²) in [5.74, 6) is 0.940. The van der Waals surface area contributed by atoms with Crippen LogP contribution in [0.15, 0.2) is 18.2 Å². The molecule has 2 N–H and O–H groups in total. The zero-order chi connectivity index (χ0) is 11.8. The average molecular weight is 233 g/mol. The first-order valence-corrected chi connectivity index (χ1v) is 6.38. The maximum absolute atomic E-state index is 6.24. The monoisotopic (exact) mass is 233 g/mol. The van der Waals surface area contributed by atoms with Gasteiger partial charge in [-0.2, -0.15) is 0 Å². The van der Waals surface area contributed by atoms with Gasteiger partial charge in [0.25, 0.3) is 0 Å². The van der Waals surface area contributed by atoms with Crippen molar-refractivity contribution in [2.75, 3.05) is 6.61 Å². The molecule has 3 atom stereocenters.